The molecule has 0 unspecified atom stereocenters. The van der Waals surface area contributed by atoms with E-state index in [1.807, 2.05) is 36.4 Å². The molecular formula is C22H12N6. The van der Waals surface area contributed by atoms with Gasteiger partial charge in [-0.1, -0.05) is 18.2 Å². The van der Waals surface area contributed by atoms with Crippen molar-refractivity contribution in [3.8, 4) is 24.3 Å². The second-order valence-electron chi connectivity index (χ2n) is 7.40. The first-order valence-electron chi connectivity index (χ1n) is 9.02. The second kappa shape index (κ2) is 5.26. The van der Waals surface area contributed by atoms with Crippen LogP contribution in [0.25, 0.3) is 0 Å². The molecule has 6 nitrogen and oxygen atoms in total. The minimum absolute atomic E-state index is 0.392. The molecule has 0 saturated heterocycles. The number of nitrogens with zero attached hydrogens (tertiary/aromatic N) is 6. The summed E-state index contributed by atoms with van der Waals surface area (Å²) in [6, 6.07) is 16.1. The Kier molecular flexibility index (Phi) is 3.04. The fraction of sp³-hybridized carbons (Fsp3) is 0.273. The Hall–Kier alpha value is -4.00. The molecule has 0 spiro atoms. The van der Waals surface area contributed by atoms with Gasteiger partial charge in [0.1, 0.15) is 0 Å². The lowest BCUT2D eigenvalue weighted by Gasteiger charge is -2.42. The van der Waals surface area contributed by atoms with Crippen molar-refractivity contribution >= 4 is 11.4 Å². The Morgan fingerprint density at radius 1 is 0.750 bits per heavy atom. The summed E-state index contributed by atoms with van der Waals surface area (Å²) in [7, 11) is 0. The number of aryl methyl sites for hydroxylation is 3. The van der Waals surface area contributed by atoms with Gasteiger partial charge in [-0.3, -0.25) is 0 Å². The van der Waals surface area contributed by atoms with Gasteiger partial charge in [0, 0.05) is 5.56 Å². The second-order valence-corrected chi connectivity index (χ2v) is 7.40. The number of azo groups is 1. The van der Waals surface area contributed by atoms with Gasteiger partial charge in [0.25, 0.3) is 0 Å². The summed E-state index contributed by atoms with van der Waals surface area (Å²) in [5, 5.41) is 49.1. The molecule has 2 aliphatic heterocycles. The highest BCUT2D eigenvalue weighted by Gasteiger charge is 2.63. The van der Waals surface area contributed by atoms with Crippen LogP contribution in [0.1, 0.15) is 33.4 Å². The number of fused-ring (bicyclic) bond motifs is 2. The summed E-state index contributed by atoms with van der Waals surface area (Å²) in [6.07, 6.45) is 2.57. The SMILES string of the molecule is N#CC1(C#N)c2cc3c(c4c2CCc2ccc(cc2N=N4)CC3)C1(C#N)C#N. The molecule has 130 valence electrons. The molecule has 0 aromatic heterocycles. The van der Waals surface area contributed by atoms with Crippen LogP contribution in [0.15, 0.2) is 34.5 Å². The van der Waals surface area contributed by atoms with Crippen molar-refractivity contribution in [2.45, 2.75) is 36.5 Å². The third-order valence-corrected chi connectivity index (χ3v) is 6.23. The van der Waals surface area contributed by atoms with Gasteiger partial charge in [-0.15, -0.1) is 5.11 Å². The van der Waals surface area contributed by atoms with Crippen LogP contribution in [0.2, 0.25) is 0 Å². The minimum Gasteiger partial charge on any atom is -0.196 e. The number of hydrogen-bond donors (Lipinski definition) is 0. The summed E-state index contributed by atoms with van der Waals surface area (Å²) < 4.78 is 0. The van der Waals surface area contributed by atoms with Gasteiger partial charge >= 0.3 is 0 Å². The quantitative estimate of drug-likeness (QED) is 0.707. The Labute approximate surface area is 161 Å². The highest BCUT2D eigenvalue weighted by atomic mass is 15.1. The van der Waals surface area contributed by atoms with Crippen LogP contribution in [0, 0.1) is 45.3 Å². The van der Waals surface area contributed by atoms with Crippen molar-refractivity contribution in [3.63, 3.8) is 0 Å². The molecule has 28 heavy (non-hydrogen) atoms. The normalized spacial score (nSPS) is 18.4. The maximum absolute atomic E-state index is 10.1. The molecule has 0 atom stereocenters. The highest BCUT2D eigenvalue weighted by molar-refractivity contribution is 5.79. The van der Waals surface area contributed by atoms with Crippen LogP contribution in [0.4, 0.5) is 11.4 Å². The maximum Gasteiger partial charge on any atom is 0.206 e. The average Bonchev–Trinajstić information content (AvgIpc) is 2.71. The van der Waals surface area contributed by atoms with Crippen LogP contribution in [-0.4, -0.2) is 0 Å². The predicted octanol–water partition coefficient (Wildman–Crippen LogP) is 3.88. The monoisotopic (exact) mass is 360 g/mol. The van der Waals surface area contributed by atoms with Crippen LogP contribution in [-0.2, 0) is 36.5 Å². The van der Waals surface area contributed by atoms with Crippen molar-refractivity contribution in [2.24, 2.45) is 10.2 Å². The Balaban J connectivity index is 1.98. The number of nitriles is 4. The number of rotatable bonds is 0. The van der Waals surface area contributed by atoms with E-state index in [9.17, 15) is 21.0 Å². The molecular weight excluding hydrogens is 348 g/mol. The van der Waals surface area contributed by atoms with Crippen molar-refractivity contribution in [1.29, 1.82) is 21.0 Å². The zero-order valence-electron chi connectivity index (χ0n) is 14.8. The van der Waals surface area contributed by atoms with E-state index < -0.39 is 10.8 Å². The van der Waals surface area contributed by atoms with Crippen LogP contribution in [0.3, 0.4) is 0 Å². The zero-order chi connectivity index (χ0) is 19.5. The highest BCUT2D eigenvalue weighted by Crippen LogP contribution is 2.57. The molecule has 2 aromatic rings. The summed E-state index contributed by atoms with van der Waals surface area (Å²) in [5.74, 6) is 0. The zero-order valence-corrected chi connectivity index (χ0v) is 14.8. The first-order chi connectivity index (χ1) is 13.6. The predicted molar refractivity (Wildman–Crippen MR) is 97.7 cm³/mol. The molecule has 0 fully saturated rings. The van der Waals surface area contributed by atoms with Crippen molar-refractivity contribution in [3.05, 3.63) is 57.6 Å². The molecule has 0 amide bonds. The third kappa shape index (κ3) is 1.64. The van der Waals surface area contributed by atoms with E-state index in [2.05, 4.69) is 22.4 Å². The summed E-state index contributed by atoms with van der Waals surface area (Å²) in [5.41, 5.74) is 2.06. The molecule has 2 aromatic carbocycles. The van der Waals surface area contributed by atoms with E-state index in [0.717, 1.165) is 27.9 Å². The molecule has 6 heteroatoms. The summed E-state index contributed by atoms with van der Waals surface area (Å²) >= 11 is 0. The molecule has 6 rings (SSSR count). The smallest absolute Gasteiger partial charge is 0.196 e. The van der Waals surface area contributed by atoms with Gasteiger partial charge in [-0.2, -0.15) is 26.2 Å². The standard InChI is InChI=1S/C22H12N6/c23-9-21(10-24)17-8-15-4-2-13-1-3-14-5-6-16(17)20(28-27-18(14)7-13)19(15)22(21,11-25)12-26/h1,3,7-8H,2,4-6H2. The van der Waals surface area contributed by atoms with Crippen molar-refractivity contribution < 1.29 is 0 Å². The van der Waals surface area contributed by atoms with E-state index >= 15 is 0 Å². The third-order valence-electron chi connectivity index (χ3n) is 6.23. The first kappa shape index (κ1) is 16.2. The summed E-state index contributed by atoms with van der Waals surface area (Å²) in [4.78, 5) is 0. The Bertz CT molecular complexity index is 1240. The van der Waals surface area contributed by atoms with Gasteiger partial charge in [0.2, 0.25) is 10.8 Å². The minimum atomic E-state index is -1.91. The maximum atomic E-state index is 10.1. The van der Waals surface area contributed by atoms with E-state index in [0.29, 0.717) is 42.5 Å². The average molecular weight is 360 g/mol. The van der Waals surface area contributed by atoms with Crippen molar-refractivity contribution in [1.82, 2.24) is 0 Å². The molecule has 0 saturated carbocycles. The van der Waals surface area contributed by atoms with Gasteiger partial charge in [-0.05, 0) is 59.6 Å². The molecule has 2 aliphatic carbocycles. The molecule has 0 N–H and O–H groups in total. The molecule has 4 aliphatic rings. The van der Waals surface area contributed by atoms with Gasteiger partial charge in [0.05, 0.1) is 35.7 Å². The largest absolute Gasteiger partial charge is 0.206 e. The van der Waals surface area contributed by atoms with Crippen molar-refractivity contribution in [2.75, 3.05) is 0 Å². The topological polar surface area (TPSA) is 120 Å². The van der Waals surface area contributed by atoms with E-state index in [1.54, 1.807) is 0 Å². The fourth-order valence-corrected chi connectivity index (χ4v) is 4.80. The fourth-order valence-electron chi connectivity index (χ4n) is 4.80. The van der Waals surface area contributed by atoms with E-state index in [-0.39, 0.29) is 0 Å². The lowest BCUT2D eigenvalue weighted by molar-refractivity contribution is 0.493. The van der Waals surface area contributed by atoms with Gasteiger partial charge in [0.15, 0.2) is 0 Å². The molecule has 0 radical (unpaired) electrons. The molecule has 6 bridgehead atoms. The van der Waals surface area contributed by atoms with Crippen LogP contribution >= 0.6 is 0 Å². The van der Waals surface area contributed by atoms with E-state index in [1.165, 1.54) is 0 Å². The van der Waals surface area contributed by atoms with Gasteiger partial charge in [-0.25, -0.2) is 0 Å². The number of hydrogen-bond acceptors (Lipinski definition) is 6. The lowest BCUT2D eigenvalue weighted by atomic mass is 9.52. The Morgan fingerprint density at radius 2 is 1.46 bits per heavy atom. The van der Waals surface area contributed by atoms with Gasteiger partial charge < -0.3 is 0 Å². The summed E-state index contributed by atoms with van der Waals surface area (Å²) in [6.45, 7) is 0. The van der Waals surface area contributed by atoms with Crippen LogP contribution < -0.4 is 0 Å². The van der Waals surface area contributed by atoms with E-state index in [4.69, 9.17) is 0 Å². The lowest BCUT2D eigenvalue weighted by Crippen LogP contribution is -2.50. The first-order valence-corrected chi connectivity index (χ1v) is 9.02. The Morgan fingerprint density at radius 3 is 2.18 bits per heavy atom. The molecule has 2 heterocycles. The van der Waals surface area contributed by atoms with Crippen LogP contribution in [0.5, 0.6) is 0 Å². The number of benzene rings is 2.